The highest BCUT2D eigenvalue weighted by Gasteiger charge is 2.20. The molecule has 1 aliphatic carbocycles. The molecule has 1 aliphatic heterocycles. The van der Waals surface area contributed by atoms with Crippen molar-refractivity contribution in [1.29, 1.82) is 0 Å². The largest absolute Gasteiger partial charge is 0.488 e. The maximum atomic E-state index is 6.25. The predicted octanol–water partition coefficient (Wildman–Crippen LogP) is 2.73. The Morgan fingerprint density at radius 3 is 2.63 bits per heavy atom. The van der Waals surface area contributed by atoms with E-state index in [-0.39, 0.29) is 0 Å². The Labute approximate surface area is 115 Å². The molecule has 1 aromatic rings. The minimum absolute atomic E-state index is 0.435. The fourth-order valence-corrected chi connectivity index (χ4v) is 3.07. The number of rotatable bonds is 3. The zero-order valence-electron chi connectivity index (χ0n) is 11.8. The molecule has 104 valence electrons. The second-order valence-corrected chi connectivity index (χ2v) is 5.73. The fraction of sp³-hybridized carbons (Fsp3) is 0.625. The molecule has 0 spiro atoms. The van der Waals surface area contributed by atoms with Crippen LogP contribution in [-0.2, 0) is 0 Å². The highest BCUT2D eigenvalue weighted by Crippen LogP contribution is 2.33. The predicted molar refractivity (Wildman–Crippen MR) is 79.1 cm³/mol. The van der Waals surface area contributed by atoms with Crippen LogP contribution >= 0.6 is 0 Å². The van der Waals surface area contributed by atoms with Crippen LogP contribution in [0.25, 0.3) is 0 Å². The molecule has 1 aromatic carbocycles. The van der Waals surface area contributed by atoms with Crippen LogP contribution in [0, 0.1) is 6.92 Å². The number of nitrogens with zero attached hydrogens (tertiary/aromatic N) is 1. The van der Waals surface area contributed by atoms with Gasteiger partial charge in [0.1, 0.15) is 5.75 Å². The highest BCUT2D eigenvalue weighted by atomic mass is 16.5. The van der Waals surface area contributed by atoms with Crippen molar-refractivity contribution >= 4 is 5.69 Å². The summed E-state index contributed by atoms with van der Waals surface area (Å²) in [5.74, 6) is 1.08. The van der Waals surface area contributed by atoms with Crippen LogP contribution in [0.1, 0.15) is 31.2 Å². The van der Waals surface area contributed by atoms with Crippen LogP contribution < -0.4 is 15.0 Å². The molecule has 0 amide bonds. The second kappa shape index (κ2) is 5.83. The molecule has 3 rings (SSSR count). The van der Waals surface area contributed by atoms with Crippen molar-refractivity contribution in [3.63, 3.8) is 0 Å². The van der Waals surface area contributed by atoms with Gasteiger partial charge in [-0.3, -0.25) is 0 Å². The second-order valence-electron chi connectivity index (χ2n) is 5.73. The number of ether oxygens (including phenoxy) is 1. The lowest BCUT2D eigenvalue weighted by Crippen LogP contribution is -2.43. The molecule has 0 atom stereocenters. The van der Waals surface area contributed by atoms with Crippen molar-refractivity contribution in [3.05, 3.63) is 23.8 Å². The molecule has 0 unspecified atom stereocenters. The van der Waals surface area contributed by atoms with Crippen molar-refractivity contribution in [1.82, 2.24) is 5.32 Å². The Bertz CT molecular complexity index is 421. The Kier molecular flexibility index (Phi) is 3.92. The average Bonchev–Trinajstić information content (AvgIpc) is 2.95. The van der Waals surface area contributed by atoms with Gasteiger partial charge in [-0.2, -0.15) is 0 Å². The quantitative estimate of drug-likeness (QED) is 0.904. The van der Waals surface area contributed by atoms with Crippen LogP contribution in [0.15, 0.2) is 18.2 Å². The molecule has 0 aromatic heterocycles. The lowest BCUT2D eigenvalue weighted by molar-refractivity contribution is 0.210. The van der Waals surface area contributed by atoms with Gasteiger partial charge in [-0.05, 0) is 50.3 Å². The van der Waals surface area contributed by atoms with E-state index in [2.05, 4.69) is 35.3 Å². The fourth-order valence-electron chi connectivity index (χ4n) is 3.07. The van der Waals surface area contributed by atoms with Gasteiger partial charge in [0.25, 0.3) is 0 Å². The minimum Gasteiger partial charge on any atom is -0.488 e. The van der Waals surface area contributed by atoms with Crippen molar-refractivity contribution < 1.29 is 4.74 Å². The van der Waals surface area contributed by atoms with Gasteiger partial charge < -0.3 is 15.0 Å². The van der Waals surface area contributed by atoms with Crippen LogP contribution in [-0.4, -0.2) is 32.3 Å². The van der Waals surface area contributed by atoms with E-state index in [1.165, 1.54) is 36.9 Å². The first-order valence-electron chi connectivity index (χ1n) is 7.56. The molecule has 19 heavy (non-hydrogen) atoms. The molecule has 1 N–H and O–H groups in total. The average molecular weight is 260 g/mol. The van der Waals surface area contributed by atoms with Gasteiger partial charge in [0, 0.05) is 26.2 Å². The Hall–Kier alpha value is -1.22. The summed E-state index contributed by atoms with van der Waals surface area (Å²) in [6, 6.07) is 6.59. The molecule has 2 aliphatic rings. The van der Waals surface area contributed by atoms with E-state index in [1.54, 1.807) is 0 Å². The monoisotopic (exact) mass is 260 g/mol. The third-order valence-electron chi connectivity index (χ3n) is 4.17. The van der Waals surface area contributed by atoms with E-state index < -0.39 is 0 Å². The van der Waals surface area contributed by atoms with Gasteiger partial charge >= 0.3 is 0 Å². The normalized spacial score (nSPS) is 20.8. The molecule has 0 bridgehead atoms. The number of piperazine rings is 1. The third-order valence-corrected chi connectivity index (χ3v) is 4.17. The number of hydrogen-bond acceptors (Lipinski definition) is 3. The summed E-state index contributed by atoms with van der Waals surface area (Å²) in [6.45, 7) is 6.44. The summed E-state index contributed by atoms with van der Waals surface area (Å²) in [5.41, 5.74) is 2.60. The molecule has 1 saturated heterocycles. The summed E-state index contributed by atoms with van der Waals surface area (Å²) in [7, 11) is 0. The molecule has 3 heteroatoms. The summed E-state index contributed by atoms with van der Waals surface area (Å²) >= 11 is 0. The first-order valence-corrected chi connectivity index (χ1v) is 7.56. The van der Waals surface area contributed by atoms with Gasteiger partial charge in [0.05, 0.1) is 11.8 Å². The van der Waals surface area contributed by atoms with Crippen LogP contribution in [0.3, 0.4) is 0 Å². The van der Waals surface area contributed by atoms with Gasteiger partial charge in [0.2, 0.25) is 0 Å². The van der Waals surface area contributed by atoms with Crippen molar-refractivity contribution in [2.45, 2.75) is 38.7 Å². The first-order chi connectivity index (χ1) is 9.33. The van der Waals surface area contributed by atoms with E-state index in [4.69, 9.17) is 4.74 Å². The van der Waals surface area contributed by atoms with Gasteiger partial charge in [-0.15, -0.1) is 0 Å². The first kappa shape index (κ1) is 12.8. The lowest BCUT2D eigenvalue weighted by Gasteiger charge is -2.31. The summed E-state index contributed by atoms with van der Waals surface area (Å²) in [5, 5.41) is 3.41. The molecule has 3 nitrogen and oxygen atoms in total. The molecule has 1 saturated carbocycles. The number of aryl methyl sites for hydroxylation is 1. The number of hydrogen-bond donors (Lipinski definition) is 1. The third kappa shape index (κ3) is 3.03. The minimum atomic E-state index is 0.435. The maximum Gasteiger partial charge on any atom is 0.143 e. The number of nitrogens with one attached hydrogen (secondary N) is 1. The summed E-state index contributed by atoms with van der Waals surface area (Å²) in [4.78, 5) is 2.45. The van der Waals surface area contributed by atoms with E-state index in [0.29, 0.717) is 6.10 Å². The molecular weight excluding hydrogens is 236 g/mol. The van der Waals surface area contributed by atoms with Crippen LogP contribution in [0.2, 0.25) is 0 Å². The van der Waals surface area contributed by atoms with E-state index in [0.717, 1.165) is 31.9 Å². The topological polar surface area (TPSA) is 24.5 Å². The SMILES string of the molecule is Cc1ccc(OC2CCCC2)c(N2CCNCC2)c1. The van der Waals surface area contributed by atoms with Gasteiger partial charge in [-0.1, -0.05) is 6.07 Å². The molecule has 0 radical (unpaired) electrons. The van der Waals surface area contributed by atoms with E-state index >= 15 is 0 Å². The summed E-state index contributed by atoms with van der Waals surface area (Å²) < 4.78 is 6.25. The Balaban J connectivity index is 1.80. The van der Waals surface area contributed by atoms with Crippen molar-refractivity contribution in [2.24, 2.45) is 0 Å². The maximum absolute atomic E-state index is 6.25. The summed E-state index contributed by atoms with van der Waals surface area (Å²) in [6.07, 6.45) is 5.51. The lowest BCUT2D eigenvalue weighted by atomic mass is 10.1. The number of anilines is 1. The van der Waals surface area contributed by atoms with E-state index in [9.17, 15) is 0 Å². The number of benzene rings is 1. The standard InChI is InChI=1S/C16H24N2O/c1-13-6-7-16(19-14-4-2-3-5-14)15(12-13)18-10-8-17-9-11-18/h6-7,12,14,17H,2-5,8-11H2,1H3. The highest BCUT2D eigenvalue weighted by molar-refractivity contribution is 5.60. The zero-order valence-corrected chi connectivity index (χ0v) is 11.8. The zero-order chi connectivity index (χ0) is 13.1. The molecule has 1 heterocycles. The van der Waals surface area contributed by atoms with Crippen LogP contribution in [0.4, 0.5) is 5.69 Å². The van der Waals surface area contributed by atoms with Crippen molar-refractivity contribution in [3.8, 4) is 5.75 Å². The van der Waals surface area contributed by atoms with Crippen molar-refractivity contribution in [2.75, 3.05) is 31.1 Å². The van der Waals surface area contributed by atoms with Gasteiger partial charge in [-0.25, -0.2) is 0 Å². The molecule has 2 fully saturated rings. The Morgan fingerprint density at radius 1 is 1.16 bits per heavy atom. The smallest absolute Gasteiger partial charge is 0.143 e. The Morgan fingerprint density at radius 2 is 1.89 bits per heavy atom. The van der Waals surface area contributed by atoms with Gasteiger partial charge in [0.15, 0.2) is 0 Å². The van der Waals surface area contributed by atoms with Crippen LogP contribution in [0.5, 0.6) is 5.75 Å². The van der Waals surface area contributed by atoms with E-state index in [1.807, 2.05) is 0 Å². The molecular formula is C16H24N2O.